The number of imide groups is 2. The molecule has 1 N–H and O–H groups in total. The number of methoxy groups -OCH3 is 1. The molecule has 9 heteroatoms. The second-order valence-electron chi connectivity index (χ2n) is 13.2. The van der Waals surface area contributed by atoms with E-state index in [1.54, 1.807) is 13.2 Å². The Balaban J connectivity index is 1.19. The first-order chi connectivity index (χ1) is 25.4. The first kappa shape index (κ1) is 33.7. The third-order valence-electron chi connectivity index (χ3n) is 10.1. The van der Waals surface area contributed by atoms with Crippen LogP contribution in [0.1, 0.15) is 58.1 Å². The normalized spacial score (nSPS) is 19.0. The molecule has 260 valence electrons. The molecule has 8 nitrogen and oxygen atoms in total. The van der Waals surface area contributed by atoms with E-state index < -0.39 is 17.8 Å². The SMILES string of the molecule is COc1cc(/C=C2\C(=O)NC(=O)N(c3cc4c5c(c3)[C@H](c3ccccc3)CCN5CC[C@@H]4c3ccccc3)C2=O)cc(I)c1OCc1ccccc1. The smallest absolute Gasteiger partial charge is 0.335 e. The van der Waals surface area contributed by atoms with Crippen molar-refractivity contribution in [2.75, 3.05) is 30.0 Å². The average Bonchev–Trinajstić information content (AvgIpc) is 3.17. The Bertz CT molecular complexity index is 2130. The lowest BCUT2D eigenvalue weighted by molar-refractivity contribution is -0.122. The van der Waals surface area contributed by atoms with E-state index >= 15 is 0 Å². The summed E-state index contributed by atoms with van der Waals surface area (Å²) in [6.07, 6.45) is 3.32. The molecule has 3 heterocycles. The molecule has 3 aliphatic heterocycles. The number of anilines is 2. The maximum atomic E-state index is 14.4. The Morgan fingerprint density at radius 3 is 1.94 bits per heavy atom. The topological polar surface area (TPSA) is 88.2 Å². The van der Waals surface area contributed by atoms with Crippen molar-refractivity contribution in [3.05, 3.63) is 158 Å². The zero-order chi connectivity index (χ0) is 35.8. The summed E-state index contributed by atoms with van der Waals surface area (Å²) in [7, 11) is 1.55. The number of carbonyl (C=O) groups excluding carboxylic acids is 3. The van der Waals surface area contributed by atoms with Crippen LogP contribution in [0.2, 0.25) is 0 Å². The summed E-state index contributed by atoms with van der Waals surface area (Å²) in [5.74, 6) is -0.253. The van der Waals surface area contributed by atoms with Gasteiger partial charge in [-0.3, -0.25) is 14.9 Å². The van der Waals surface area contributed by atoms with Crippen molar-refractivity contribution >= 4 is 57.9 Å². The highest BCUT2D eigenvalue weighted by Gasteiger charge is 2.40. The molecule has 0 aliphatic carbocycles. The molecule has 0 unspecified atom stereocenters. The molecule has 5 aromatic carbocycles. The van der Waals surface area contributed by atoms with E-state index in [1.165, 1.54) is 22.9 Å². The second-order valence-corrected chi connectivity index (χ2v) is 14.4. The molecule has 5 aromatic rings. The van der Waals surface area contributed by atoms with Crippen molar-refractivity contribution in [1.29, 1.82) is 0 Å². The standard InChI is InChI=1S/C43H36IN3O5/c1-51-38-23-28(22-37(44)40(38)52-26-27-11-5-2-6-12-27)21-36-41(48)45-43(50)47(42(36)49)31-24-34-32(29-13-7-3-8-14-29)17-19-46-20-18-33(35(25-31)39(34)46)30-15-9-4-10-16-30/h2-16,21-25,32-33H,17-20,26H2,1H3,(H,45,48,50)/b36-21+/t32-,33+. The lowest BCUT2D eigenvalue weighted by Crippen LogP contribution is -2.54. The highest BCUT2D eigenvalue weighted by Crippen LogP contribution is 2.50. The Kier molecular flexibility index (Phi) is 9.27. The van der Waals surface area contributed by atoms with Gasteiger partial charge in [0.2, 0.25) is 0 Å². The lowest BCUT2D eigenvalue weighted by Gasteiger charge is -2.44. The van der Waals surface area contributed by atoms with Gasteiger partial charge in [0.1, 0.15) is 12.2 Å². The number of hydrogen-bond donors (Lipinski definition) is 1. The van der Waals surface area contributed by atoms with Gasteiger partial charge in [0.05, 0.1) is 16.4 Å². The third kappa shape index (κ3) is 6.34. The van der Waals surface area contributed by atoms with E-state index in [9.17, 15) is 14.4 Å². The number of amides is 4. The number of carbonyl (C=O) groups is 3. The maximum Gasteiger partial charge on any atom is 0.335 e. The lowest BCUT2D eigenvalue weighted by atomic mass is 9.76. The molecular weight excluding hydrogens is 765 g/mol. The summed E-state index contributed by atoms with van der Waals surface area (Å²) >= 11 is 2.16. The fourth-order valence-corrected chi connectivity index (χ4v) is 8.50. The second kappa shape index (κ2) is 14.3. The van der Waals surface area contributed by atoms with E-state index in [1.807, 2.05) is 84.9 Å². The highest BCUT2D eigenvalue weighted by atomic mass is 127. The van der Waals surface area contributed by atoms with Crippen LogP contribution in [0.25, 0.3) is 6.08 Å². The number of urea groups is 1. The summed E-state index contributed by atoms with van der Waals surface area (Å²) in [5.41, 5.74) is 7.58. The van der Waals surface area contributed by atoms with Gasteiger partial charge >= 0.3 is 6.03 Å². The fraction of sp³-hybridized carbons (Fsp3) is 0.186. The number of nitrogens with zero attached hydrogens (tertiary/aromatic N) is 2. The van der Waals surface area contributed by atoms with Crippen LogP contribution in [0.4, 0.5) is 16.2 Å². The van der Waals surface area contributed by atoms with Crippen molar-refractivity contribution in [3.8, 4) is 11.5 Å². The summed E-state index contributed by atoms with van der Waals surface area (Å²) in [4.78, 5) is 44.9. The molecule has 0 saturated carbocycles. The number of halogens is 1. The summed E-state index contributed by atoms with van der Waals surface area (Å²) < 4.78 is 12.5. The first-order valence-corrected chi connectivity index (χ1v) is 18.5. The molecule has 3 aliphatic rings. The Hall–Kier alpha value is -5.42. The number of benzene rings is 5. The molecule has 1 fully saturated rings. The number of hydrogen-bond acceptors (Lipinski definition) is 6. The number of ether oxygens (including phenoxy) is 2. The predicted molar refractivity (Wildman–Crippen MR) is 210 cm³/mol. The van der Waals surface area contributed by atoms with Gasteiger partial charge in [-0.15, -0.1) is 0 Å². The van der Waals surface area contributed by atoms with E-state index in [0.717, 1.165) is 51.1 Å². The van der Waals surface area contributed by atoms with Gasteiger partial charge in [-0.1, -0.05) is 91.0 Å². The van der Waals surface area contributed by atoms with E-state index in [2.05, 4.69) is 57.1 Å². The minimum atomic E-state index is -0.771. The molecule has 0 aromatic heterocycles. The number of rotatable bonds is 8. The van der Waals surface area contributed by atoms with E-state index in [0.29, 0.717) is 29.4 Å². The molecule has 8 rings (SSSR count). The molecule has 2 atom stereocenters. The number of nitrogens with one attached hydrogen (secondary N) is 1. The minimum absolute atomic E-state index is 0.0810. The van der Waals surface area contributed by atoms with Gasteiger partial charge in [-0.25, -0.2) is 9.69 Å². The average molecular weight is 802 g/mol. The van der Waals surface area contributed by atoms with Crippen molar-refractivity contribution in [2.24, 2.45) is 0 Å². The van der Waals surface area contributed by atoms with Crippen LogP contribution in [0.3, 0.4) is 0 Å². The third-order valence-corrected chi connectivity index (χ3v) is 10.9. The largest absolute Gasteiger partial charge is 0.493 e. The number of barbiturate groups is 1. The van der Waals surface area contributed by atoms with Gasteiger partial charge in [-0.2, -0.15) is 0 Å². The van der Waals surface area contributed by atoms with Crippen LogP contribution in [0.15, 0.2) is 121 Å². The van der Waals surface area contributed by atoms with Crippen molar-refractivity contribution in [2.45, 2.75) is 31.3 Å². The summed E-state index contributed by atoms with van der Waals surface area (Å²) in [6, 6.07) is 37.3. The van der Waals surface area contributed by atoms with Crippen LogP contribution in [-0.2, 0) is 16.2 Å². The Morgan fingerprint density at radius 2 is 1.37 bits per heavy atom. The van der Waals surface area contributed by atoms with Gasteiger partial charge in [-0.05, 0) is 99.2 Å². The van der Waals surface area contributed by atoms with Gasteiger partial charge in [0.15, 0.2) is 11.5 Å². The van der Waals surface area contributed by atoms with Crippen LogP contribution >= 0.6 is 22.6 Å². The highest BCUT2D eigenvalue weighted by molar-refractivity contribution is 14.1. The van der Waals surface area contributed by atoms with Crippen LogP contribution in [0.5, 0.6) is 11.5 Å². The maximum absolute atomic E-state index is 14.4. The summed E-state index contributed by atoms with van der Waals surface area (Å²) in [5, 5.41) is 2.44. The molecule has 52 heavy (non-hydrogen) atoms. The van der Waals surface area contributed by atoms with Crippen molar-refractivity contribution in [3.63, 3.8) is 0 Å². The quantitative estimate of drug-likeness (QED) is 0.0964. The summed E-state index contributed by atoms with van der Waals surface area (Å²) in [6.45, 7) is 2.19. The van der Waals surface area contributed by atoms with E-state index in [4.69, 9.17) is 9.47 Å². The van der Waals surface area contributed by atoms with Crippen LogP contribution < -0.4 is 24.6 Å². The molecule has 0 radical (unpaired) electrons. The molecule has 0 bridgehead atoms. The minimum Gasteiger partial charge on any atom is -0.493 e. The zero-order valence-electron chi connectivity index (χ0n) is 28.6. The monoisotopic (exact) mass is 801 g/mol. The molecule has 4 amide bonds. The van der Waals surface area contributed by atoms with Crippen molar-refractivity contribution in [1.82, 2.24) is 5.32 Å². The predicted octanol–water partition coefficient (Wildman–Crippen LogP) is 8.42. The Labute approximate surface area is 316 Å². The van der Waals surface area contributed by atoms with Crippen LogP contribution in [-0.4, -0.2) is 38.0 Å². The van der Waals surface area contributed by atoms with E-state index in [-0.39, 0.29) is 17.4 Å². The molecule has 1 saturated heterocycles. The zero-order valence-corrected chi connectivity index (χ0v) is 30.7. The molecular formula is C43H36IN3O5. The van der Waals surface area contributed by atoms with Gasteiger partial charge in [0, 0.05) is 30.6 Å². The van der Waals surface area contributed by atoms with Gasteiger partial charge in [0.25, 0.3) is 11.8 Å². The first-order valence-electron chi connectivity index (χ1n) is 17.4. The Morgan fingerprint density at radius 1 is 0.788 bits per heavy atom. The molecule has 0 spiro atoms. The van der Waals surface area contributed by atoms with Crippen molar-refractivity contribution < 1.29 is 23.9 Å². The van der Waals surface area contributed by atoms with Gasteiger partial charge < -0.3 is 14.4 Å². The fourth-order valence-electron chi connectivity index (χ4n) is 7.72. The van der Waals surface area contributed by atoms with Crippen LogP contribution in [0, 0.1) is 3.57 Å².